The van der Waals surface area contributed by atoms with Gasteiger partial charge < -0.3 is 10.4 Å². The van der Waals surface area contributed by atoms with E-state index in [4.69, 9.17) is 0 Å². The Hall–Kier alpha value is -1.00. The third-order valence-corrected chi connectivity index (χ3v) is 4.65. The van der Waals surface area contributed by atoms with Gasteiger partial charge in [-0.3, -0.25) is 4.79 Å². The SMILES string of the molecule is CCSCc1cccc(NC(=O)CC2(O)CCCC2)c1. The lowest BCUT2D eigenvalue weighted by molar-refractivity contribution is -0.120. The zero-order valence-electron chi connectivity index (χ0n) is 12.0. The summed E-state index contributed by atoms with van der Waals surface area (Å²) in [5.74, 6) is 1.96. The van der Waals surface area contributed by atoms with E-state index in [2.05, 4.69) is 18.3 Å². The number of hydrogen-bond acceptors (Lipinski definition) is 3. The molecule has 0 saturated heterocycles. The molecule has 2 rings (SSSR count). The maximum atomic E-state index is 12.0. The van der Waals surface area contributed by atoms with Crippen LogP contribution < -0.4 is 5.32 Å². The number of amides is 1. The van der Waals surface area contributed by atoms with Crippen LogP contribution in [0.2, 0.25) is 0 Å². The van der Waals surface area contributed by atoms with Crippen LogP contribution in [0.5, 0.6) is 0 Å². The van der Waals surface area contributed by atoms with Gasteiger partial charge >= 0.3 is 0 Å². The first-order chi connectivity index (χ1) is 9.61. The van der Waals surface area contributed by atoms with Crippen molar-refractivity contribution in [2.75, 3.05) is 11.1 Å². The van der Waals surface area contributed by atoms with E-state index in [-0.39, 0.29) is 12.3 Å². The van der Waals surface area contributed by atoms with Crippen LogP contribution >= 0.6 is 11.8 Å². The lowest BCUT2D eigenvalue weighted by Crippen LogP contribution is -2.30. The highest BCUT2D eigenvalue weighted by Crippen LogP contribution is 2.32. The molecule has 0 unspecified atom stereocenters. The van der Waals surface area contributed by atoms with Crippen LogP contribution in [-0.2, 0) is 10.5 Å². The summed E-state index contributed by atoms with van der Waals surface area (Å²) >= 11 is 1.86. The standard InChI is InChI=1S/C16H23NO2S/c1-2-20-12-13-6-5-7-14(10-13)17-15(18)11-16(19)8-3-4-9-16/h5-7,10,19H,2-4,8-9,11-12H2,1H3,(H,17,18). The third-order valence-electron chi connectivity index (χ3n) is 3.71. The van der Waals surface area contributed by atoms with E-state index in [1.165, 1.54) is 5.56 Å². The monoisotopic (exact) mass is 293 g/mol. The summed E-state index contributed by atoms with van der Waals surface area (Å²) in [4.78, 5) is 12.0. The van der Waals surface area contributed by atoms with Crippen molar-refractivity contribution in [1.82, 2.24) is 0 Å². The molecule has 1 aromatic rings. The number of thioether (sulfide) groups is 1. The molecule has 0 atom stereocenters. The minimum atomic E-state index is -0.778. The summed E-state index contributed by atoms with van der Waals surface area (Å²) in [6, 6.07) is 7.95. The molecule has 2 N–H and O–H groups in total. The van der Waals surface area contributed by atoms with E-state index in [0.29, 0.717) is 0 Å². The number of nitrogens with one attached hydrogen (secondary N) is 1. The molecule has 0 aliphatic heterocycles. The molecular formula is C16H23NO2S. The first kappa shape index (κ1) is 15.4. The van der Waals surface area contributed by atoms with Crippen molar-refractivity contribution in [3.8, 4) is 0 Å². The van der Waals surface area contributed by atoms with Crippen molar-refractivity contribution in [2.24, 2.45) is 0 Å². The van der Waals surface area contributed by atoms with Crippen LogP contribution in [0.3, 0.4) is 0 Å². The summed E-state index contributed by atoms with van der Waals surface area (Å²) in [6.07, 6.45) is 3.74. The molecule has 1 aromatic carbocycles. The van der Waals surface area contributed by atoms with Crippen molar-refractivity contribution >= 4 is 23.4 Å². The Kier molecular flexibility index (Phi) is 5.49. The molecule has 110 valence electrons. The zero-order chi connectivity index (χ0) is 14.4. The second kappa shape index (κ2) is 7.14. The molecule has 4 heteroatoms. The van der Waals surface area contributed by atoms with Crippen molar-refractivity contribution in [3.63, 3.8) is 0 Å². The highest BCUT2D eigenvalue weighted by molar-refractivity contribution is 7.98. The molecule has 0 spiro atoms. The summed E-state index contributed by atoms with van der Waals surface area (Å²) in [5, 5.41) is 13.1. The van der Waals surface area contributed by atoms with Gasteiger partial charge in [0.05, 0.1) is 12.0 Å². The molecule has 0 aromatic heterocycles. The largest absolute Gasteiger partial charge is 0.389 e. The Balaban J connectivity index is 1.90. The minimum absolute atomic E-state index is 0.0882. The Morgan fingerprint density at radius 3 is 2.85 bits per heavy atom. The predicted octanol–water partition coefficient (Wildman–Crippen LogP) is 3.57. The average molecular weight is 293 g/mol. The molecule has 1 amide bonds. The van der Waals surface area contributed by atoms with Gasteiger partial charge in [0.15, 0.2) is 0 Å². The molecule has 1 aliphatic rings. The highest BCUT2D eigenvalue weighted by atomic mass is 32.2. The van der Waals surface area contributed by atoms with Crippen molar-refractivity contribution in [2.45, 2.75) is 50.4 Å². The second-order valence-corrected chi connectivity index (χ2v) is 6.77. The van der Waals surface area contributed by atoms with Crippen LogP contribution in [0.4, 0.5) is 5.69 Å². The number of aliphatic hydroxyl groups is 1. The van der Waals surface area contributed by atoms with E-state index >= 15 is 0 Å². The maximum Gasteiger partial charge on any atom is 0.227 e. The van der Waals surface area contributed by atoms with Crippen LogP contribution in [0.25, 0.3) is 0 Å². The van der Waals surface area contributed by atoms with Gasteiger partial charge in [-0.2, -0.15) is 11.8 Å². The Bertz CT molecular complexity index is 456. The molecule has 20 heavy (non-hydrogen) atoms. The minimum Gasteiger partial charge on any atom is -0.389 e. The van der Waals surface area contributed by atoms with Crippen LogP contribution in [-0.4, -0.2) is 22.4 Å². The Labute approximate surface area is 125 Å². The number of carbonyl (C=O) groups excluding carboxylic acids is 1. The van der Waals surface area contributed by atoms with Gasteiger partial charge in [-0.25, -0.2) is 0 Å². The van der Waals surface area contributed by atoms with Gasteiger partial charge in [-0.1, -0.05) is 31.9 Å². The average Bonchev–Trinajstić information content (AvgIpc) is 2.83. The smallest absolute Gasteiger partial charge is 0.227 e. The number of anilines is 1. The van der Waals surface area contributed by atoms with Crippen molar-refractivity contribution in [1.29, 1.82) is 0 Å². The van der Waals surface area contributed by atoms with Crippen LogP contribution in [0.1, 0.15) is 44.6 Å². The quantitative estimate of drug-likeness (QED) is 0.843. The summed E-state index contributed by atoms with van der Waals surface area (Å²) in [5.41, 5.74) is 1.26. The van der Waals surface area contributed by atoms with Gasteiger partial charge in [-0.15, -0.1) is 0 Å². The Morgan fingerprint density at radius 1 is 1.40 bits per heavy atom. The first-order valence-electron chi connectivity index (χ1n) is 7.30. The normalized spacial score (nSPS) is 17.1. The number of rotatable bonds is 6. The molecule has 3 nitrogen and oxygen atoms in total. The first-order valence-corrected chi connectivity index (χ1v) is 8.46. The zero-order valence-corrected chi connectivity index (χ0v) is 12.8. The van der Waals surface area contributed by atoms with Gasteiger partial charge in [0.25, 0.3) is 0 Å². The molecule has 0 heterocycles. The van der Waals surface area contributed by atoms with Crippen LogP contribution in [0.15, 0.2) is 24.3 Å². The van der Waals surface area contributed by atoms with Crippen molar-refractivity contribution in [3.05, 3.63) is 29.8 Å². The second-order valence-electron chi connectivity index (χ2n) is 5.49. The topological polar surface area (TPSA) is 49.3 Å². The maximum absolute atomic E-state index is 12.0. The summed E-state index contributed by atoms with van der Waals surface area (Å²) < 4.78 is 0. The molecular weight excluding hydrogens is 270 g/mol. The van der Waals surface area contributed by atoms with Crippen LogP contribution in [0, 0.1) is 0 Å². The van der Waals surface area contributed by atoms with Gasteiger partial charge in [0.1, 0.15) is 0 Å². The number of hydrogen-bond donors (Lipinski definition) is 2. The Morgan fingerprint density at radius 2 is 2.15 bits per heavy atom. The highest BCUT2D eigenvalue weighted by Gasteiger charge is 2.33. The fourth-order valence-corrected chi connectivity index (χ4v) is 3.29. The third kappa shape index (κ3) is 4.53. The number of benzene rings is 1. The van der Waals surface area contributed by atoms with Gasteiger partial charge in [0, 0.05) is 11.4 Å². The fourth-order valence-electron chi connectivity index (χ4n) is 2.67. The fraction of sp³-hybridized carbons (Fsp3) is 0.562. The van der Waals surface area contributed by atoms with E-state index in [0.717, 1.165) is 42.9 Å². The van der Waals surface area contributed by atoms with E-state index in [1.54, 1.807) is 0 Å². The molecule has 0 radical (unpaired) electrons. The molecule has 0 bridgehead atoms. The summed E-state index contributed by atoms with van der Waals surface area (Å²) in [7, 11) is 0. The van der Waals surface area contributed by atoms with Gasteiger partial charge in [-0.05, 0) is 36.3 Å². The van der Waals surface area contributed by atoms with E-state index < -0.39 is 5.60 Å². The van der Waals surface area contributed by atoms with E-state index in [9.17, 15) is 9.90 Å². The lowest BCUT2D eigenvalue weighted by atomic mass is 9.97. The van der Waals surface area contributed by atoms with E-state index in [1.807, 2.05) is 30.0 Å². The molecule has 1 fully saturated rings. The predicted molar refractivity (Wildman–Crippen MR) is 84.9 cm³/mol. The number of carbonyl (C=O) groups is 1. The van der Waals surface area contributed by atoms with Gasteiger partial charge in [0.2, 0.25) is 5.91 Å². The summed E-state index contributed by atoms with van der Waals surface area (Å²) in [6.45, 7) is 2.14. The molecule has 1 saturated carbocycles. The molecule has 1 aliphatic carbocycles. The lowest BCUT2D eigenvalue weighted by Gasteiger charge is -2.21. The van der Waals surface area contributed by atoms with Crippen molar-refractivity contribution < 1.29 is 9.90 Å².